The molecule has 0 saturated heterocycles. The van der Waals surface area contributed by atoms with Crippen LogP contribution >= 0.6 is 22.7 Å². The predicted molar refractivity (Wildman–Crippen MR) is 82.8 cm³/mol. The largest absolute Gasteiger partial charge is 0.477 e. The van der Waals surface area contributed by atoms with Gasteiger partial charge < -0.3 is 20.5 Å². The number of carbonyl (C=O) groups excluding carboxylic acids is 2. The fourth-order valence-electron chi connectivity index (χ4n) is 1.67. The van der Waals surface area contributed by atoms with Crippen LogP contribution in [0.2, 0.25) is 0 Å². The molecule has 22 heavy (non-hydrogen) atoms. The van der Waals surface area contributed by atoms with E-state index in [0.717, 1.165) is 11.3 Å². The quantitative estimate of drug-likeness (QED) is 0.726. The third-order valence-electron chi connectivity index (χ3n) is 2.70. The average Bonchev–Trinajstić information content (AvgIpc) is 3.13. The smallest absolute Gasteiger partial charge is 0.346 e. The number of carboxylic acids is 1. The number of aromatic carboxylic acids is 1. The van der Waals surface area contributed by atoms with Gasteiger partial charge in [0.15, 0.2) is 0 Å². The first-order valence-electron chi connectivity index (χ1n) is 6.02. The summed E-state index contributed by atoms with van der Waals surface area (Å²) >= 11 is 2.35. The number of urea groups is 1. The molecular weight excluding hydrogens is 328 g/mol. The molecule has 0 radical (unpaired) electrons. The van der Waals surface area contributed by atoms with Gasteiger partial charge in [0.25, 0.3) is 0 Å². The topological polar surface area (TPSA) is 105 Å². The van der Waals surface area contributed by atoms with Gasteiger partial charge in [-0.25, -0.2) is 14.4 Å². The van der Waals surface area contributed by atoms with Crippen molar-refractivity contribution in [1.82, 2.24) is 5.32 Å². The van der Waals surface area contributed by atoms with E-state index in [4.69, 9.17) is 5.11 Å². The van der Waals surface area contributed by atoms with E-state index in [9.17, 15) is 14.4 Å². The lowest BCUT2D eigenvalue weighted by Gasteiger charge is -2.07. The van der Waals surface area contributed by atoms with Crippen LogP contribution in [0.4, 0.5) is 10.5 Å². The summed E-state index contributed by atoms with van der Waals surface area (Å²) in [7, 11) is 1.26. The summed E-state index contributed by atoms with van der Waals surface area (Å²) in [4.78, 5) is 34.5. The van der Waals surface area contributed by atoms with E-state index in [1.807, 2.05) is 0 Å². The van der Waals surface area contributed by atoms with E-state index < -0.39 is 18.0 Å². The lowest BCUT2D eigenvalue weighted by molar-refractivity contribution is 0.0601. The van der Waals surface area contributed by atoms with E-state index in [2.05, 4.69) is 15.4 Å². The zero-order chi connectivity index (χ0) is 16.1. The second-order valence-corrected chi connectivity index (χ2v) is 5.74. The molecule has 2 aromatic heterocycles. The van der Waals surface area contributed by atoms with Crippen molar-refractivity contribution >= 4 is 46.3 Å². The summed E-state index contributed by atoms with van der Waals surface area (Å²) in [5.41, 5.74) is 1.13. The molecule has 9 heteroatoms. The zero-order valence-electron chi connectivity index (χ0n) is 11.4. The minimum absolute atomic E-state index is 0.0780. The second-order valence-electron chi connectivity index (χ2n) is 4.08. The molecule has 0 atom stereocenters. The molecule has 0 aliphatic rings. The van der Waals surface area contributed by atoms with Crippen molar-refractivity contribution in [3.8, 4) is 0 Å². The number of esters is 1. The molecule has 2 heterocycles. The standard InChI is InChI=1S/C13H12N2O5S2/c1-20-12(18)8-5-21-6-9(8)15-13(19)14-4-7-2-3-22-10(7)11(16)17/h2-3,5-6H,4H2,1H3,(H,16,17)(H2,14,15,19). The van der Waals surface area contributed by atoms with Gasteiger partial charge in [-0.15, -0.1) is 22.7 Å². The Hall–Kier alpha value is -2.39. The molecule has 3 N–H and O–H groups in total. The molecule has 0 aliphatic heterocycles. The number of carboxylic acid groups (broad SMARTS) is 1. The number of rotatable bonds is 5. The highest BCUT2D eigenvalue weighted by molar-refractivity contribution is 7.12. The normalized spacial score (nSPS) is 10.0. The van der Waals surface area contributed by atoms with Gasteiger partial charge >= 0.3 is 18.0 Å². The molecule has 0 aliphatic carbocycles. The first kappa shape index (κ1) is 16.0. The van der Waals surface area contributed by atoms with Gasteiger partial charge in [0, 0.05) is 17.3 Å². The molecule has 0 unspecified atom stereocenters. The number of hydrogen-bond donors (Lipinski definition) is 3. The maximum atomic E-state index is 11.8. The summed E-state index contributed by atoms with van der Waals surface area (Å²) in [6.45, 7) is 0.0780. The van der Waals surface area contributed by atoms with Gasteiger partial charge in [-0.2, -0.15) is 0 Å². The number of methoxy groups -OCH3 is 1. The Morgan fingerprint density at radius 3 is 2.77 bits per heavy atom. The first-order valence-corrected chi connectivity index (χ1v) is 7.84. The maximum Gasteiger partial charge on any atom is 0.346 e. The number of thiophene rings is 2. The SMILES string of the molecule is COC(=O)c1cscc1NC(=O)NCc1ccsc1C(=O)O. The number of carbonyl (C=O) groups is 3. The van der Waals surface area contributed by atoms with E-state index in [1.54, 1.807) is 22.2 Å². The summed E-state index contributed by atoms with van der Waals surface area (Å²) in [6.07, 6.45) is 0. The van der Waals surface area contributed by atoms with Gasteiger partial charge in [0.2, 0.25) is 0 Å². The number of amides is 2. The molecule has 0 aromatic carbocycles. The molecule has 0 saturated carbocycles. The Morgan fingerprint density at radius 1 is 1.32 bits per heavy atom. The highest BCUT2D eigenvalue weighted by atomic mass is 32.1. The highest BCUT2D eigenvalue weighted by Gasteiger charge is 2.16. The van der Waals surface area contributed by atoms with Crippen molar-refractivity contribution in [2.24, 2.45) is 0 Å². The molecule has 0 fully saturated rings. The Balaban J connectivity index is 1.96. The van der Waals surface area contributed by atoms with Crippen molar-refractivity contribution in [1.29, 1.82) is 0 Å². The molecule has 2 aromatic rings. The van der Waals surface area contributed by atoms with E-state index in [1.165, 1.54) is 18.4 Å². The van der Waals surface area contributed by atoms with Crippen molar-refractivity contribution in [2.45, 2.75) is 6.54 Å². The van der Waals surface area contributed by atoms with Gasteiger partial charge in [0.1, 0.15) is 4.88 Å². The van der Waals surface area contributed by atoms with Crippen LogP contribution in [0.3, 0.4) is 0 Å². The first-order chi connectivity index (χ1) is 10.5. The molecule has 116 valence electrons. The number of hydrogen-bond acceptors (Lipinski definition) is 6. The summed E-state index contributed by atoms with van der Waals surface area (Å²) in [5, 5.41) is 18.9. The van der Waals surface area contributed by atoms with Gasteiger partial charge in [0.05, 0.1) is 18.4 Å². The van der Waals surface area contributed by atoms with Crippen molar-refractivity contribution in [3.63, 3.8) is 0 Å². The molecule has 2 rings (SSSR count). The van der Waals surface area contributed by atoms with Crippen molar-refractivity contribution in [3.05, 3.63) is 38.2 Å². The van der Waals surface area contributed by atoms with Crippen LogP contribution in [0, 0.1) is 0 Å². The average molecular weight is 340 g/mol. The van der Waals surface area contributed by atoms with Crippen LogP contribution in [0.15, 0.2) is 22.2 Å². The van der Waals surface area contributed by atoms with E-state index >= 15 is 0 Å². The van der Waals surface area contributed by atoms with Crippen molar-refractivity contribution in [2.75, 3.05) is 12.4 Å². The Labute approximate surface area is 133 Å². The molecule has 2 amide bonds. The van der Waals surface area contributed by atoms with Crippen molar-refractivity contribution < 1.29 is 24.2 Å². The van der Waals surface area contributed by atoms with Gasteiger partial charge in [-0.1, -0.05) is 0 Å². The zero-order valence-corrected chi connectivity index (χ0v) is 13.0. The van der Waals surface area contributed by atoms with Crippen LogP contribution in [0.1, 0.15) is 25.6 Å². The minimum Gasteiger partial charge on any atom is -0.477 e. The Kier molecular flexibility index (Phi) is 5.12. The number of anilines is 1. The summed E-state index contributed by atoms with van der Waals surface area (Å²) < 4.78 is 4.61. The molecule has 7 nitrogen and oxygen atoms in total. The number of nitrogens with one attached hydrogen (secondary N) is 2. The minimum atomic E-state index is -1.03. The van der Waals surface area contributed by atoms with E-state index in [-0.39, 0.29) is 17.0 Å². The molecule has 0 spiro atoms. The number of ether oxygens (including phenoxy) is 1. The maximum absolute atomic E-state index is 11.8. The monoisotopic (exact) mass is 340 g/mol. The van der Waals surface area contributed by atoms with Crippen LogP contribution in [-0.4, -0.2) is 30.2 Å². The third kappa shape index (κ3) is 3.62. The molecular formula is C13H12N2O5S2. The van der Waals surface area contributed by atoms with Gasteiger partial charge in [-0.3, -0.25) is 0 Å². The van der Waals surface area contributed by atoms with Crippen LogP contribution < -0.4 is 10.6 Å². The lowest BCUT2D eigenvalue weighted by Crippen LogP contribution is -2.29. The van der Waals surface area contributed by atoms with Gasteiger partial charge in [-0.05, 0) is 17.0 Å². The van der Waals surface area contributed by atoms with Crippen LogP contribution in [-0.2, 0) is 11.3 Å². The molecule has 0 bridgehead atoms. The lowest BCUT2D eigenvalue weighted by atomic mass is 10.2. The van der Waals surface area contributed by atoms with Crippen LogP contribution in [0.5, 0.6) is 0 Å². The fraction of sp³-hybridized carbons (Fsp3) is 0.154. The fourth-order valence-corrected chi connectivity index (χ4v) is 3.18. The van der Waals surface area contributed by atoms with E-state index in [0.29, 0.717) is 11.3 Å². The summed E-state index contributed by atoms with van der Waals surface area (Å²) in [6, 6.07) is 1.10. The van der Waals surface area contributed by atoms with Crippen LogP contribution in [0.25, 0.3) is 0 Å². The highest BCUT2D eigenvalue weighted by Crippen LogP contribution is 2.21. The predicted octanol–water partition coefficient (Wildman–Crippen LogP) is 2.62. The summed E-state index contributed by atoms with van der Waals surface area (Å²) in [5.74, 6) is -1.57. The Bertz CT molecular complexity index is 707. The Morgan fingerprint density at radius 2 is 2.09 bits per heavy atom. The third-order valence-corrected chi connectivity index (χ3v) is 4.38. The second kappa shape index (κ2) is 7.05.